The van der Waals surface area contributed by atoms with Crippen LogP contribution in [0.3, 0.4) is 0 Å². The average Bonchev–Trinajstić information content (AvgIpc) is 2.61. The highest BCUT2D eigenvalue weighted by atomic mass is 32.2. The van der Waals surface area contributed by atoms with E-state index >= 15 is 0 Å². The van der Waals surface area contributed by atoms with Gasteiger partial charge in [-0.25, -0.2) is 12.7 Å². The van der Waals surface area contributed by atoms with Crippen LogP contribution >= 0.6 is 0 Å². The summed E-state index contributed by atoms with van der Waals surface area (Å²) in [6, 6.07) is 6.88. The summed E-state index contributed by atoms with van der Waals surface area (Å²) < 4.78 is 25.1. The van der Waals surface area contributed by atoms with Crippen LogP contribution in [-0.2, 0) is 16.4 Å². The Kier molecular flexibility index (Phi) is 6.25. The zero-order chi connectivity index (χ0) is 18.7. The monoisotopic (exact) mass is 379 g/mol. The molecule has 1 fully saturated rings. The normalized spacial score (nSPS) is 25.2. The van der Waals surface area contributed by atoms with E-state index in [0.29, 0.717) is 31.0 Å². The topological polar surface area (TPSA) is 75.4 Å². The van der Waals surface area contributed by atoms with Gasteiger partial charge in [0.15, 0.2) is 0 Å². The lowest BCUT2D eigenvalue weighted by Gasteiger charge is -2.38. The van der Waals surface area contributed by atoms with Crippen LogP contribution in [0.4, 0.5) is 5.69 Å². The Morgan fingerprint density at radius 2 is 1.96 bits per heavy atom. The van der Waals surface area contributed by atoms with Crippen LogP contribution in [0.5, 0.6) is 0 Å². The van der Waals surface area contributed by atoms with Gasteiger partial charge in [-0.05, 0) is 80.2 Å². The quantitative estimate of drug-likeness (QED) is 0.745. The number of hydrogen-bond donors (Lipinski definition) is 2. The van der Waals surface area contributed by atoms with Gasteiger partial charge in [-0.1, -0.05) is 13.0 Å². The predicted molar refractivity (Wildman–Crippen MR) is 108 cm³/mol. The molecule has 0 amide bonds. The lowest BCUT2D eigenvalue weighted by Crippen LogP contribution is -2.42. The number of nitrogen functional groups attached to an aromatic ring is 1. The van der Waals surface area contributed by atoms with Gasteiger partial charge in [-0.2, -0.15) is 0 Å². The third kappa shape index (κ3) is 4.59. The molecular weight excluding hydrogens is 346 g/mol. The van der Waals surface area contributed by atoms with Gasteiger partial charge in [0.1, 0.15) is 0 Å². The van der Waals surface area contributed by atoms with Gasteiger partial charge in [-0.15, -0.1) is 0 Å². The van der Waals surface area contributed by atoms with Crippen molar-refractivity contribution in [2.45, 2.75) is 57.4 Å². The van der Waals surface area contributed by atoms with E-state index in [1.54, 1.807) is 4.31 Å². The highest BCUT2D eigenvalue weighted by molar-refractivity contribution is 7.88. The van der Waals surface area contributed by atoms with Crippen molar-refractivity contribution in [3.05, 3.63) is 29.3 Å². The molecule has 0 aromatic heterocycles. The van der Waals surface area contributed by atoms with Gasteiger partial charge in [0.05, 0.1) is 6.26 Å². The van der Waals surface area contributed by atoms with E-state index < -0.39 is 10.0 Å². The van der Waals surface area contributed by atoms with Gasteiger partial charge in [0, 0.05) is 24.8 Å². The first-order valence-electron chi connectivity index (χ1n) is 9.95. The number of fused-ring (bicyclic) bond motifs is 1. The Balaban J connectivity index is 1.74. The average molecular weight is 380 g/mol. The molecule has 1 aromatic carbocycles. The highest BCUT2D eigenvalue weighted by Gasteiger charge is 2.33. The zero-order valence-electron chi connectivity index (χ0n) is 16.1. The molecule has 1 aromatic rings. The Bertz CT molecular complexity index is 712. The van der Waals surface area contributed by atoms with E-state index in [1.165, 1.54) is 23.8 Å². The minimum Gasteiger partial charge on any atom is -0.399 e. The van der Waals surface area contributed by atoms with Crippen molar-refractivity contribution in [3.63, 3.8) is 0 Å². The lowest BCUT2D eigenvalue weighted by molar-refractivity contribution is 0.234. The summed E-state index contributed by atoms with van der Waals surface area (Å²) in [7, 11) is -3.05. The van der Waals surface area contributed by atoms with Gasteiger partial charge in [0.2, 0.25) is 10.0 Å². The number of nitrogens with two attached hydrogens (primary N) is 1. The Morgan fingerprint density at radius 1 is 1.23 bits per heavy atom. The molecule has 6 heteroatoms. The number of nitrogens with zero attached hydrogens (tertiary/aromatic N) is 1. The lowest BCUT2D eigenvalue weighted by atomic mass is 9.73. The maximum Gasteiger partial charge on any atom is 0.211 e. The molecule has 2 aliphatic rings. The number of piperidine rings is 1. The van der Waals surface area contributed by atoms with Crippen LogP contribution in [-0.4, -0.2) is 44.7 Å². The fourth-order valence-electron chi connectivity index (χ4n) is 4.62. The van der Waals surface area contributed by atoms with Crippen molar-refractivity contribution in [1.29, 1.82) is 0 Å². The number of benzene rings is 1. The van der Waals surface area contributed by atoms with Crippen molar-refractivity contribution in [2.24, 2.45) is 5.92 Å². The molecule has 3 rings (SSSR count). The van der Waals surface area contributed by atoms with Crippen LogP contribution in [0, 0.1) is 5.92 Å². The number of rotatable bonds is 6. The molecule has 0 bridgehead atoms. The molecule has 1 heterocycles. The number of aryl methyl sites for hydroxylation is 1. The molecule has 0 saturated carbocycles. The van der Waals surface area contributed by atoms with Crippen LogP contribution in [0.25, 0.3) is 0 Å². The largest absolute Gasteiger partial charge is 0.399 e. The summed E-state index contributed by atoms with van der Waals surface area (Å²) in [5, 5.41) is 3.76. The summed E-state index contributed by atoms with van der Waals surface area (Å²) in [6.45, 7) is 4.57. The van der Waals surface area contributed by atoms with Crippen molar-refractivity contribution in [2.75, 3.05) is 31.6 Å². The summed E-state index contributed by atoms with van der Waals surface area (Å²) in [4.78, 5) is 0. The first kappa shape index (κ1) is 19.6. The highest BCUT2D eigenvalue weighted by Crippen LogP contribution is 2.39. The standard InChI is InChI=1S/C20H33N3O2S/c1-3-10-22-20-7-5-16-4-6-17(21)14-18(16)19(20)13-15-8-11-23(12-9-15)26(2,24)25/h4,6,14-15,19-20,22H,3,5,7-13,21H2,1-2H3. The van der Waals surface area contributed by atoms with Crippen LogP contribution in [0.1, 0.15) is 56.1 Å². The van der Waals surface area contributed by atoms with E-state index in [-0.39, 0.29) is 0 Å². The van der Waals surface area contributed by atoms with Gasteiger partial charge < -0.3 is 11.1 Å². The molecule has 2 unspecified atom stereocenters. The van der Waals surface area contributed by atoms with E-state index in [4.69, 9.17) is 5.73 Å². The minimum atomic E-state index is -3.05. The summed E-state index contributed by atoms with van der Waals surface area (Å²) in [5.74, 6) is 1.06. The SMILES string of the molecule is CCCNC1CCc2ccc(N)cc2C1CC1CCN(S(C)(=O)=O)CC1. The van der Waals surface area contributed by atoms with Crippen LogP contribution < -0.4 is 11.1 Å². The van der Waals surface area contributed by atoms with Crippen molar-refractivity contribution in [1.82, 2.24) is 9.62 Å². The fourth-order valence-corrected chi connectivity index (χ4v) is 5.49. The molecule has 0 spiro atoms. The van der Waals surface area contributed by atoms with Crippen molar-refractivity contribution in [3.8, 4) is 0 Å². The van der Waals surface area contributed by atoms with E-state index in [9.17, 15) is 8.42 Å². The molecule has 1 aliphatic heterocycles. The van der Waals surface area contributed by atoms with E-state index in [2.05, 4.69) is 24.4 Å². The predicted octanol–water partition coefficient (Wildman–Crippen LogP) is 2.73. The number of sulfonamides is 1. The number of hydrogen-bond acceptors (Lipinski definition) is 4. The Morgan fingerprint density at radius 3 is 2.62 bits per heavy atom. The van der Waals surface area contributed by atoms with Crippen molar-refractivity contribution < 1.29 is 8.42 Å². The van der Waals surface area contributed by atoms with E-state index in [1.807, 2.05) is 6.07 Å². The summed E-state index contributed by atoms with van der Waals surface area (Å²) in [6.07, 6.45) is 7.78. The molecule has 146 valence electrons. The minimum absolute atomic E-state index is 0.476. The Labute approximate surface area is 158 Å². The third-order valence-electron chi connectivity index (χ3n) is 6.07. The second-order valence-electron chi connectivity index (χ2n) is 8.01. The molecule has 0 radical (unpaired) electrons. The fraction of sp³-hybridized carbons (Fsp3) is 0.700. The maximum absolute atomic E-state index is 11.8. The van der Waals surface area contributed by atoms with Gasteiger partial charge in [0.25, 0.3) is 0 Å². The molecule has 26 heavy (non-hydrogen) atoms. The first-order chi connectivity index (χ1) is 12.4. The second-order valence-corrected chi connectivity index (χ2v) is 9.99. The molecule has 3 N–H and O–H groups in total. The van der Waals surface area contributed by atoms with Gasteiger partial charge >= 0.3 is 0 Å². The zero-order valence-corrected chi connectivity index (χ0v) is 16.9. The van der Waals surface area contributed by atoms with Crippen molar-refractivity contribution >= 4 is 15.7 Å². The van der Waals surface area contributed by atoms with E-state index in [0.717, 1.165) is 44.3 Å². The number of nitrogens with one attached hydrogen (secondary N) is 1. The summed E-state index contributed by atoms with van der Waals surface area (Å²) >= 11 is 0. The smallest absolute Gasteiger partial charge is 0.211 e. The van der Waals surface area contributed by atoms with Crippen LogP contribution in [0.15, 0.2) is 18.2 Å². The molecule has 2 atom stereocenters. The maximum atomic E-state index is 11.8. The summed E-state index contributed by atoms with van der Waals surface area (Å²) in [5.41, 5.74) is 9.79. The molecule has 1 saturated heterocycles. The molecule has 1 aliphatic carbocycles. The second kappa shape index (κ2) is 8.28. The Hall–Kier alpha value is -1.11. The first-order valence-corrected chi connectivity index (χ1v) is 11.8. The number of anilines is 1. The molecule has 5 nitrogen and oxygen atoms in total. The molecular formula is C20H33N3O2S. The van der Waals surface area contributed by atoms with Gasteiger partial charge in [-0.3, -0.25) is 0 Å². The third-order valence-corrected chi connectivity index (χ3v) is 7.37. The van der Waals surface area contributed by atoms with Crippen LogP contribution in [0.2, 0.25) is 0 Å².